The second-order valence-electron chi connectivity index (χ2n) is 6.46. The molecule has 1 aliphatic rings. The molecule has 1 heterocycles. The zero-order valence-corrected chi connectivity index (χ0v) is 17.8. The molecular weight excluding hydrogens is 438 g/mol. The molecule has 0 aromatic heterocycles. The number of imide groups is 2. The van der Waals surface area contributed by atoms with Gasteiger partial charge in [0, 0.05) is 18.6 Å². The number of halogens is 1. The van der Waals surface area contributed by atoms with E-state index in [0.717, 1.165) is 15.1 Å². The average Bonchev–Trinajstić information content (AvgIpc) is 2.66. The van der Waals surface area contributed by atoms with E-state index in [1.807, 2.05) is 25.1 Å². The number of para-hydroxylation sites is 2. The molecule has 1 aliphatic heterocycles. The summed E-state index contributed by atoms with van der Waals surface area (Å²) in [5.74, 6) is -1.07. The molecule has 1 saturated heterocycles. The molecule has 7 nitrogen and oxygen atoms in total. The van der Waals surface area contributed by atoms with Crippen LogP contribution in [0.3, 0.4) is 0 Å². The summed E-state index contributed by atoms with van der Waals surface area (Å²) in [6, 6.07) is 11.3. The smallest absolute Gasteiger partial charge is 0.336 e. The third-order valence-corrected chi connectivity index (χ3v) is 4.91. The van der Waals surface area contributed by atoms with Gasteiger partial charge in [0.1, 0.15) is 11.3 Å². The van der Waals surface area contributed by atoms with Gasteiger partial charge in [0.2, 0.25) is 0 Å². The van der Waals surface area contributed by atoms with Crippen molar-refractivity contribution in [2.45, 2.75) is 6.92 Å². The van der Waals surface area contributed by atoms with Crippen LogP contribution in [0.4, 0.5) is 16.2 Å². The molecule has 0 spiro atoms. The summed E-state index contributed by atoms with van der Waals surface area (Å²) in [5.41, 5.74) is 1.74. The predicted molar refractivity (Wildman–Crippen MR) is 115 cm³/mol. The number of ether oxygens (including phenoxy) is 1. The number of benzene rings is 2. The van der Waals surface area contributed by atoms with Gasteiger partial charge in [0.25, 0.3) is 11.8 Å². The normalized spacial score (nSPS) is 15.5. The Morgan fingerprint density at radius 2 is 1.86 bits per heavy atom. The van der Waals surface area contributed by atoms with Gasteiger partial charge in [-0.3, -0.25) is 14.9 Å². The summed E-state index contributed by atoms with van der Waals surface area (Å²) in [5, 5.41) is 2.23. The lowest BCUT2D eigenvalue weighted by molar-refractivity contribution is -0.122. The van der Waals surface area contributed by atoms with Gasteiger partial charge in [0.05, 0.1) is 18.0 Å². The highest BCUT2D eigenvalue weighted by Crippen LogP contribution is 2.32. The first-order valence-corrected chi connectivity index (χ1v) is 9.73. The van der Waals surface area contributed by atoms with Crippen molar-refractivity contribution in [2.75, 3.05) is 30.5 Å². The topological polar surface area (TPSA) is 79.0 Å². The highest BCUT2D eigenvalue weighted by atomic mass is 79.9. The highest BCUT2D eigenvalue weighted by Gasteiger charge is 2.38. The molecule has 2 aromatic carbocycles. The SMILES string of the molecule is CCOc1ccccc1N1C(=O)NC(=O)/C(=C/c2ccc(N(C)C)c(Br)c2)C1=O. The number of nitrogens with zero attached hydrogens (tertiary/aromatic N) is 2. The maximum absolute atomic E-state index is 13.1. The van der Waals surface area contributed by atoms with E-state index in [1.165, 1.54) is 6.08 Å². The molecule has 0 atom stereocenters. The van der Waals surface area contributed by atoms with Crippen LogP contribution in [0.15, 0.2) is 52.5 Å². The molecule has 150 valence electrons. The Hall–Kier alpha value is -3.13. The second kappa shape index (κ2) is 8.48. The van der Waals surface area contributed by atoms with Gasteiger partial charge < -0.3 is 9.64 Å². The lowest BCUT2D eigenvalue weighted by Gasteiger charge is -2.27. The molecular formula is C21H20BrN3O4. The van der Waals surface area contributed by atoms with Crippen LogP contribution in [0.2, 0.25) is 0 Å². The van der Waals surface area contributed by atoms with E-state index in [0.29, 0.717) is 17.9 Å². The first-order chi connectivity index (χ1) is 13.8. The van der Waals surface area contributed by atoms with Crippen LogP contribution in [-0.2, 0) is 9.59 Å². The standard InChI is InChI=1S/C21H20BrN3O4/c1-4-29-18-8-6-5-7-17(18)25-20(27)14(19(26)23-21(25)28)11-13-9-10-16(24(2)3)15(22)12-13/h5-12H,4H2,1-3H3,(H,23,26,28)/b14-11-. The number of rotatable bonds is 5. The van der Waals surface area contributed by atoms with Gasteiger partial charge in [0.15, 0.2) is 0 Å². The summed E-state index contributed by atoms with van der Waals surface area (Å²) in [7, 11) is 3.82. The van der Waals surface area contributed by atoms with Gasteiger partial charge in [-0.1, -0.05) is 18.2 Å². The first kappa shape index (κ1) is 20.6. The van der Waals surface area contributed by atoms with Crippen LogP contribution in [0, 0.1) is 0 Å². The fraction of sp³-hybridized carbons (Fsp3) is 0.190. The number of urea groups is 1. The first-order valence-electron chi connectivity index (χ1n) is 8.93. The maximum Gasteiger partial charge on any atom is 0.336 e. The molecule has 0 bridgehead atoms. The number of carbonyl (C=O) groups excluding carboxylic acids is 3. The lowest BCUT2D eigenvalue weighted by atomic mass is 10.1. The second-order valence-corrected chi connectivity index (χ2v) is 7.32. The Morgan fingerprint density at radius 1 is 1.14 bits per heavy atom. The zero-order chi connectivity index (χ0) is 21.1. The van der Waals surface area contributed by atoms with Crippen LogP contribution >= 0.6 is 15.9 Å². The zero-order valence-electron chi connectivity index (χ0n) is 16.2. The maximum atomic E-state index is 13.1. The Labute approximate surface area is 177 Å². The third-order valence-electron chi connectivity index (χ3n) is 4.27. The van der Waals surface area contributed by atoms with Gasteiger partial charge in [-0.05, 0) is 58.8 Å². The third kappa shape index (κ3) is 4.17. The van der Waals surface area contributed by atoms with E-state index in [9.17, 15) is 14.4 Å². The van der Waals surface area contributed by atoms with Crippen molar-refractivity contribution in [3.8, 4) is 5.75 Å². The lowest BCUT2D eigenvalue weighted by Crippen LogP contribution is -2.54. The molecule has 4 amide bonds. The molecule has 1 N–H and O–H groups in total. The number of nitrogens with one attached hydrogen (secondary N) is 1. The molecule has 1 fully saturated rings. The van der Waals surface area contributed by atoms with Gasteiger partial charge in [-0.2, -0.15) is 0 Å². The minimum Gasteiger partial charge on any atom is -0.492 e. The van der Waals surface area contributed by atoms with Crippen LogP contribution in [-0.4, -0.2) is 38.5 Å². The van der Waals surface area contributed by atoms with Gasteiger partial charge >= 0.3 is 6.03 Å². The predicted octanol–water partition coefficient (Wildman–Crippen LogP) is 3.58. The van der Waals surface area contributed by atoms with E-state index in [2.05, 4.69) is 21.2 Å². The van der Waals surface area contributed by atoms with Crippen LogP contribution in [0.25, 0.3) is 6.08 Å². The Balaban J connectivity index is 2.02. The minimum absolute atomic E-state index is 0.139. The van der Waals surface area contributed by atoms with Crippen molar-refractivity contribution >= 4 is 51.2 Å². The summed E-state index contributed by atoms with van der Waals surface area (Å²) < 4.78 is 6.34. The quantitative estimate of drug-likeness (QED) is 0.548. The fourth-order valence-corrected chi connectivity index (χ4v) is 3.69. The molecule has 0 saturated carbocycles. The van der Waals surface area contributed by atoms with Crippen molar-refractivity contribution in [3.63, 3.8) is 0 Å². The molecule has 8 heteroatoms. The summed E-state index contributed by atoms with van der Waals surface area (Å²) in [6.45, 7) is 2.17. The van der Waals surface area contributed by atoms with Crippen molar-refractivity contribution in [2.24, 2.45) is 0 Å². The van der Waals surface area contributed by atoms with E-state index in [1.54, 1.807) is 43.3 Å². The Bertz CT molecular complexity index is 1020. The van der Waals surface area contributed by atoms with Crippen molar-refractivity contribution in [1.82, 2.24) is 5.32 Å². The summed E-state index contributed by atoms with van der Waals surface area (Å²) in [6.07, 6.45) is 1.46. The number of amides is 4. The Kier molecular flexibility index (Phi) is 6.03. The van der Waals surface area contributed by atoms with E-state index < -0.39 is 17.8 Å². The molecule has 29 heavy (non-hydrogen) atoms. The molecule has 3 rings (SSSR count). The molecule has 0 unspecified atom stereocenters. The average molecular weight is 458 g/mol. The monoisotopic (exact) mass is 457 g/mol. The summed E-state index contributed by atoms with van der Waals surface area (Å²) in [4.78, 5) is 40.7. The van der Waals surface area contributed by atoms with Crippen LogP contribution in [0.1, 0.15) is 12.5 Å². The summed E-state index contributed by atoms with van der Waals surface area (Å²) >= 11 is 3.49. The molecule has 2 aromatic rings. The Morgan fingerprint density at radius 3 is 2.52 bits per heavy atom. The van der Waals surface area contributed by atoms with Crippen molar-refractivity contribution < 1.29 is 19.1 Å². The molecule has 0 aliphatic carbocycles. The van der Waals surface area contributed by atoms with E-state index >= 15 is 0 Å². The van der Waals surface area contributed by atoms with E-state index in [-0.39, 0.29) is 11.3 Å². The van der Waals surface area contributed by atoms with Crippen molar-refractivity contribution in [1.29, 1.82) is 0 Å². The number of hydrogen-bond acceptors (Lipinski definition) is 5. The number of anilines is 2. The largest absolute Gasteiger partial charge is 0.492 e. The number of barbiturate groups is 1. The van der Waals surface area contributed by atoms with E-state index in [4.69, 9.17) is 4.74 Å². The van der Waals surface area contributed by atoms with Crippen LogP contribution < -0.4 is 19.9 Å². The molecule has 0 radical (unpaired) electrons. The van der Waals surface area contributed by atoms with Gasteiger partial charge in [-0.15, -0.1) is 0 Å². The van der Waals surface area contributed by atoms with Crippen LogP contribution in [0.5, 0.6) is 5.75 Å². The van der Waals surface area contributed by atoms with Gasteiger partial charge in [-0.25, -0.2) is 9.69 Å². The highest BCUT2D eigenvalue weighted by molar-refractivity contribution is 9.10. The fourth-order valence-electron chi connectivity index (χ4n) is 2.94. The van der Waals surface area contributed by atoms with Crippen molar-refractivity contribution in [3.05, 3.63) is 58.1 Å². The minimum atomic E-state index is -0.812. The number of carbonyl (C=O) groups is 3. The number of hydrogen-bond donors (Lipinski definition) is 1.